The van der Waals surface area contributed by atoms with E-state index in [1.165, 1.54) is 0 Å². The van der Waals surface area contributed by atoms with Crippen LogP contribution >= 0.6 is 19.7 Å². The predicted octanol–water partition coefficient (Wildman–Crippen LogP) is -2.47. The Morgan fingerprint density at radius 3 is 2.12 bits per heavy atom. The van der Waals surface area contributed by atoms with Crippen molar-refractivity contribution in [3.8, 4) is 0 Å². The fraction of sp³-hybridized carbons (Fsp3) is 0. The van der Waals surface area contributed by atoms with Gasteiger partial charge in [-0.15, -0.1) is 4.73 Å². The van der Waals surface area contributed by atoms with Crippen molar-refractivity contribution in [1.82, 2.24) is 0 Å². The van der Waals surface area contributed by atoms with Gasteiger partial charge >= 0.3 is 76.7 Å². The van der Waals surface area contributed by atoms with Gasteiger partial charge in [-0.05, 0) is 4.53 Å². The molecular formula is ClCsFO4P. The Labute approximate surface area is 109 Å². The fourth-order valence-corrected chi connectivity index (χ4v) is 0.0958. The monoisotopic (exact) mass is 282 g/mol. The summed E-state index contributed by atoms with van der Waals surface area (Å²) in [5, 5.41) is 0. The maximum absolute atomic E-state index is 10.5. The summed E-state index contributed by atoms with van der Waals surface area (Å²) in [7, 11) is -4.81. The molecule has 0 bridgehead atoms. The Bertz CT molecular complexity index is 88.0. The van der Waals surface area contributed by atoms with Crippen molar-refractivity contribution in [3.63, 3.8) is 0 Å². The van der Waals surface area contributed by atoms with E-state index in [4.69, 9.17) is 0 Å². The zero-order valence-corrected chi connectivity index (χ0v) is 11.8. The van der Waals surface area contributed by atoms with Gasteiger partial charge in [-0.3, -0.25) is 4.57 Å². The maximum atomic E-state index is 10.5. The van der Waals surface area contributed by atoms with Gasteiger partial charge in [-0.2, -0.15) is 0 Å². The normalized spacial score (nSPS) is 16.4. The molecule has 0 spiro atoms. The smallest absolute Gasteiger partial charge is 0.753 e. The van der Waals surface area contributed by atoms with Crippen LogP contribution in [-0.2, 0) is 13.4 Å². The second-order valence-electron chi connectivity index (χ2n) is 0.585. The summed E-state index contributed by atoms with van der Waals surface area (Å²) in [4.78, 5) is 9.44. The van der Waals surface area contributed by atoms with Crippen LogP contribution in [0.15, 0.2) is 0 Å². The zero-order chi connectivity index (χ0) is 5.91. The molecule has 1 atom stereocenters. The van der Waals surface area contributed by atoms with Crippen molar-refractivity contribution in [2.24, 2.45) is 0 Å². The third-order valence-corrected chi connectivity index (χ3v) is 1.01. The van der Waals surface area contributed by atoms with Crippen molar-refractivity contribution < 1.29 is 91.7 Å². The molecular weight excluding hydrogens is 282 g/mol. The number of rotatable bonds is 2. The van der Waals surface area contributed by atoms with E-state index < -0.39 is 7.82 Å². The van der Waals surface area contributed by atoms with Crippen LogP contribution in [0.1, 0.15) is 0 Å². The van der Waals surface area contributed by atoms with Crippen molar-refractivity contribution in [1.29, 1.82) is 0 Å². The van der Waals surface area contributed by atoms with E-state index in [0.29, 0.717) is 0 Å². The zero-order valence-electron chi connectivity index (χ0n) is 3.84. The minimum Gasteiger partial charge on any atom is -0.753 e. The van der Waals surface area contributed by atoms with Gasteiger partial charge in [0.15, 0.2) is 0 Å². The average molecular weight is 282 g/mol. The summed E-state index contributed by atoms with van der Waals surface area (Å²) < 4.78 is 25.1. The molecule has 0 aliphatic rings. The Morgan fingerprint density at radius 1 is 1.75 bits per heavy atom. The first-order valence-electron chi connectivity index (χ1n) is 1.04. The molecule has 0 aromatic rings. The van der Waals surface area contributed by atoms with Gasteiger partial charge in [-0.25, -0.2) is 4.08 Å². The van der Waals surface area contributed by atoms with Gasteiger partial charge in [0.05, 0.1) is 11.9 Å². The molecule has 0 saturated carbocycles. The molecule has 0 radical (unpaired) electrons. The second kappa shape index (κ2) is 6.12. The van der Waals surface area contributed by atoms with Gasteiger partial charge in [0.25, 0.3) is 0 Å². The summed E-state index contributed by atoms with van der Waals surface area (Å²) in [5.74, 6) is 0. The quantitative estimate of drug-likeness (QED) is 0.527. The molecule has 8 heavy (non-hydrogen) atoms. The van der Waals surface area contributed by atoms with E-state index in [1.54, 1.807) is 0 Å². The van der Waals surface area contributed by atoms with Crippen LogP contribution in [0.25, 0.3) is 0 Å². The molecule has 44 valence electrons. The number of halogens is 2. The molecule has 0 fully saturated rings. The predicted molar refractivity (Wildman–Crippen MR) is 16.7 cm³/mol. The van der Waals surface area contributed by atoms with Crippen LogP contribution in [0, 0.1) is 0 Å². The van der Waals surface area contributed by atoms with Crippen LogP contribution in [0.3, 0.4) is 0 Å². The van der Waals surface area contributed by atoms with E-state index >= 15 is 0 Å². The molecule has 0 heterocycles. The van der Waals surface area contributed by atoms with Crippen LogP contribution < -0.4 is 73.8 Å². The summed E-state index contributed by atoms with van der Waals surface area (Å²) in [6, 6.07) is 0. The van der Waals surface area contributed by atoms with Crippen LogP contribution in [0.4, 0.5) is 4.53 Å². The standard InChI is InChI=1S/ClFHO4P.Cs/c1-5-7(3,4)6-2;/h(H,3,4);/q;+1/p-1. The average Bonchev–Trinajstić information content (AvgIpc) is 1.68. The third-order valence-electron chi connectivity index (χ3n) is 0.169. The summed E-state index contributed by atoms with van der Waals surface area (Å²) >= 11 is 4.15. The van der Waals surface area contributed by atoms with E-state index in [2.05, 4.69) is 20.7 Å². The van der Waals surface area contributed by atoms with Crippen LogP contribution in [0.2, 0.25) is 0 Å². The largest absolute Gasteiger partial charge is 1.00 e. The molecule has 0 amide bonds. The maximum Gasteiger partial charge on any atom is 1.00 e. The van der Waals surface area contributed by atoms with E-state index in [1.807, 2.05) is 0 Å². The fourth-order valence-electron chi connectivity index (χ4n) is 0.0106. The third kappa shape index (κ3) is 6.50. The van der Waals surface area contributed by atoms with Crippen LogP contribution in [0.5, 0.6) is 0 Å². The van der Waals surface area contributed by atoms with Gasteiger partial charge in [0.2, 0.25) is 0 Å². The minimum absolute atomic E-state index is 0. The first kappa shape index (κ1) is 13.0. The molecule has 0 rings (SSSR count). The number of phosphoric acid groups is 1. The molecule has 0 N–H and O–H groups in total. The summed E-state index contributed by atoms with van der Waals surface area (Å²) in [6.07, 6.45) is 0. The van der Waals surface area contributed by atoms with Gasteiger partial charge in [0.1, 0.15) is 0 Å². The second-order valence-corrected chi connectivity index (χ2v) is 2.17. The van der Waals surface area contributed by atoms with Crippen LogP contribution in [-0.4, -0.2) is 0 Å². The SMILES string of the molecule is O=P([O-])(OF)OCl.[Cs+]. The molecule has 0 aromatic heterocycles. The van der Waals surface area contributed by atoms with Crippen molar-refractivity contribution in [2.75, 3.05) is 0 Å². The first-order valence-corrected chi connectivity index (χ1v) is 2.81. The molecule has 0 aliphatic heterocycles. The van der Waals surface area contributed by atoms with E-state index in [-0.39, 0.29) is 68.9 Å². The molecule has 8 heteroatoms. The molecule has 1 unspecified atom stereocenters. The van der Waals surface area contributed by atoms with Gasteiger partial charge < -0.3 is 4.89 Å². The first-order chi connectivity index (χ1) is 3.12. The van der Waals surface area contributed by atoms with E-state index in [0.717, 1.165) is 0 Å². The Hall–Kier alpha value is 2.38. The topological polar surface area (TPSA) is 58.6 Å². The van der Waals surface area contributed by atoms with Gasteiger partial charge in [0, 0.05) is 0 Å². The number of hydrogen-bond donors (Lipinski definition) is 0. The Morgan fingerprint density at radius 2 is 2.12 bits per heavy atom. The van der Waals surface area contributed by atoms with Crippen molar-refractivity contribution in [2.45, 2.75) is 0 Å². The Balaban J connectivity index is 0. The van der Waals surface area contributed by atoms with E-state index in [9.17, 15) is 14.0 Å². The van der Waals surface area contributed by atoms with Crippen molar-refractivity contribution >= 4 is 19.7 Å². The van der Waals surface area contributed by atoms with Crippen molar-refractivity contribution in [3.05, 3.63) is 0 Å². The Kier molecular flexibility index (Phi) is 9.94. The molecule has 0 aliphatic carbocycles. The summed E-state index contributed by atoms with van der Waals surface area (Å²) in [6.45, 7) is 0. The molecule has 0 saturated heterocycles. The number of hydrogen-bond acceptors (Lipinski definition) is 4. The minimum atomic E-state index is -4.81. The molecule has 0 aromatic carbocycles. The summed E-state index contributed by atoms with van der Waals surface area (Å²) in [5.41, 5.74) is 0. The van der Waals surface area contributed by atoms with Gasteiger partial charge in [-0.1, -0.05) is 0 Å². The molecule has 4 nitrogen and oxygen atoms in total.